The van der Waals surface area contributed by atoms with Crippen LogP contribution in [0, 0.1) is 0 Å². The van der Waals surface area contributed by atoms with Gasteiger partial charge in [-0.15, -0.1) is 0 Å². The van der Waals surface area contributed by atoms with Crippen LogP contribution in [0.2, 0.25) is 0 Å². The number of rotatable bonds is 3. The first-order chi connectivity index (χ1) is 10.2. The highest BCUT2D eigenvalue weighted by molar-refractivity contribution is 5.63. The van der Waals surface area contributed by atoms with E-state index in [1.165, 1.54) is 11.1 Å². The number of benzene rings is 2. The van der Waals surface area contributed by atoms with Crippen molar-refractivity contribution < 1.29 is 5.11 Å². The molecular formula is C19H23NO. The Morgan fingerprint density at radius 2 is 1.48 bits per heavy atom. The van der Waals surface area contributed by atoms with Gasteiger partial charge in [0, 0.05) is 6.04 Å². The summed E-state index contributed by atoms with van der Waals surface area (Å²) in [5, 5.41) is 14.2. The van der Waals surface area contributed by atoms with Gasteiger partial charge < -0.3 is 10.4 Å². The van der Waals surface area contributed by atoms with Crippen LogP contribution in [-0.2, 0) is 5.60 Å². The van der Waals surface area contributed by atoms with Gasteiger partial charge in [0.1, 0.15) is 0 Å². The van der Waals surface area contributed by atoms with Crippen LogP contribution in [0.25, 0.3) is 11.1 Å². The van der Waals surface area contributed by atoms with Crippen LogP contribution < -0.4 is 5.32 Å². The predicted molar refractivity (Wildman–Crippen MR) is 87.1 cm³/mol. The molecule has 3 rings (SSSR count). The molecule has 0 saturated heterocycles. The molecule has 1 fully saturated rings. The molecule has 0 unspecified atom stereocenters. The average molecular weight is 281 g/mol. The lowest BCUT2D eigenvalue weighted by Gasteiger charge is -2.36. The van der Waals surface area contributed by atoms with Crippen molar-refractivity contribution in [1.82, 2.24) is 5.32 Å². The Morgan fingerprint density at radius 3 is 2.05 bits per heavy atom. The molecule has 0 aromatic heterocycles. The van der Waals surface area contributed by atoms with E-state index < -0.39 is 5.60 Å². The highest BCUT2D eigenvalue weighted by atomic mass is 16.3. The zero-order valence-electron chi connectivity index (χ0n) is 12.5. The molecule has 0 atom stereocenters. The van der Waals surface area contributed by atoms with E-state index in [1.807, 2.05) is 13.1 Å². The fourth-order valence-electron chi connectivity index (χ4n) is 3.28. The van der Waals surface area contributed by atoms with Crippen molar-refractivity contribution in [3.63, 3.8) is 0 Å². The molecule has 110 valence electrons. The summed E-state index contributed by atoms with van der Waals surface area (Å²) in [6.07, 6.45) is 3.74. The van der Waals surface area contributed by atoms with Gasteiger partial charge in [0.25, 0.3) is 0 Å². The first-order valence-corrected chi connectivity index (χ1v) is 7.77. The van der Waals surface area contributed by atoms with Gasteiger partial charge in [-0.2, -0.15) is 0 Å². The van der Waals surface area contributed by atoms with Crippen LogP contribution in [-0.4, -0.2) is 18.2 Å². The maximum absolute atomic E-state index is 10.9. The molecular weight excluding hydrogens is 258 g/mol. The summed E-state index contributed by atoms with van der Waals surface area (Å²) in [4.78, 5) is 0. The van der Waals surface area contributed by atoms with E-state index in [0.717, 1.165) is 31.2 Å². The lowest BCUT2D eigenvalue weighted by molar-refractivity contribution is -0.00761. The summed E-state index contributed by atoms with van der Waals surface area (Å²) in [5.41, 5.74) is 2.82. The Bertz CT molecular complexity index is 568. The maximum atomic E-state index is 10.9. The molecule has 2 nitrogen and oxygen atoms in total. The Balaban J connectivity index is 1.78. The Labute approximate surface area is 126 Å². The molecule has 1 aliphatic carbocycles. The minimum Gasteiger partial charge on any atom is -0.385 e. The molecule has 1 saturated carbocycles. The van der Waals surface area contributed by atoms with Crippen LogP contribution >= 0.6 is 0 Å². The maximum Gasteiger partial charge on any atom is 0.0897 e. The van der Waals surface area contributed by atoms with Crippen molar-refractivity contribution >= 4 is 0 Å². The normalized spacial score (nSPS) is 25.7. The third kappa shape index (κ3) is 3.02. The SMILES string of the molecule is CNC1CCC(O)(c2ccc(-c3ccccc3)cc2)CC1. The molecule has 2 aromatic carbocycles. The highest BCUT2D eigenvalue weighted by Gasteiger charge is 2.34. The summed E-state index contributed by atoms with van der Waals surface area (Å²) in [6, 6.07) is 19.3. The molecule has 2 N–H and O–H groups in total. The number of hydrogen-bond acceptors (Lipinski definition) is 2. The van der Waals surface area contributed by atoms with Crippen LogP contribution in [0.5, 0.6) is 0 Å². The third-order valence-electron chi connectivity index (χ3n) is 4.75. The van der Waals surface area contributed by atoms with Gasteiger partial charge in [0.2, 0.25) is 0 Å². The molecule has 0 radical (unpaired) electrons. The molecule has 2 heteroatoms. The Morgan fingerprint density at radius 1 is 0.905 bits per heavy atom. The van der Waals surface area contributed by atoms with Crippen molar-refractivity contribution in [3.8, 4) is 11.1 Å². The Hall–Kier alpha value is -1.64. The van der Waals surface area contributed by atoms with Gasteiger partial charge in [0.15, 0.2) is 0 Å². The van der Waals surface area contributed by atoms with E-state index in [-0.39, 0.29) is 0 Å². The molecule has 0 aliphatic heterocycles. The first-order valence-electron chi connectivity index (χ1n) is 7.77. The van der Waals surface area contributed by atoms with E-state index in [0.29, 0.717) is 6.04 Å². The lowest BCUT2D eigenvalue weighted by Crippen LogP contribution is -2.38. The molecule has 0 spiro atoms. The van der Waals surface area contributed by atoms with Gasteiger partial charge in [-0.25, -0.2) is 0 Å². The zero-order chi connectivity index (χ0) is 14.7. The van der Waals surface area contributed by atoms with E-state index in [4.69, 9.17) is 0 Å². The van der Waals surface area contributed by atoms with Gasteiger partial charge >= 0.3 is 0 Å². The zero-order valence-corrected chi connectivity index (χ0v) is 12.5. The summed E-state index contributed by atoms with van der Waals surface area (Å²) in [7, 11) is 2.00. The highest BCUT2D eigenvalue weighted by Crippen LogP contribution is 2.37. The summed E-state index contributed by atoms with van der Waals surface area (Å²) in [5.74, 6) is 0. The average Bonchev–Trinajstić information content (AvgIpc) is 2.57. The summed E-state index contributed by atoms with van der Waals surface area (Å²) < 4.78 is 0. The van der Waals surface area contributed by atoms with Crippen LogP contribution in [0.15, 0.2) is 54.6 Å². The van der Waals surface area contributed by atoms with Gasteiger partial charge in [-0.05, 0) is 49.4 Å². The van der Waals surface area contributed by atoms with Crippen molar-refractivity contribution in [2.45, 2.75) is 37.3 Å². The van der Waals surface area contributed by atoms with Crippen molar-refractivity contribution in [1.29, 1.82) is 0 Å². The van der Waals surface area contributed by atoms with Crippen LogP contribution in [0.3, 0.4) is 0 Å². The van der Waals surface area contributed by atoms with E-state index in [2.05, 4.69) is 53.8 Å². The summed E-state index contributed by atoms with van der Waals surface area (Å²) in [6.45, 7) is 0. The molecule has 1 aliphatic rings. The molecule has 0 heterocycles. The minimum absolute atomic E-state index is 0.550. The van der Waals surface area contributed by atoms with E-state index in [9.17, 15) is 5.11 Å². The molecule has 0 amide bonds. The van der Waals surface area contributed by atoms with Crippen molar-refractivity contribution in [2.24, 2.45) is 0 Å². The molecule has 21 heavy (non-hydrogen) atoms. The van der Waals surface area contributed by atoms with E-state index in [1.54, 1.807) is 0 Å². The first kappa shape index (κ1) is 14.3. The monoisotopic (exact) mass is 281 g/mol. The lowest BCUT2D eigenvalue weighted by atomic mass is 9.77. The number of aliphatic hydroxyl groups is 1. The number of hydrogen-bond donors (Lipinski definition) is 2. The smallest absolute Gasteiger partial charge is 0.0897 e. The van der Waals surface area contributed by atoms with E-state index >= 15 is 0 Å². The minimum atomic E-state index is -0.650. The van der Waals surface area contributed by atoms with Gasteiger partial charge in [0.05, 0.1) is 5.60 Å². The standard InChI is InChI=1S/C19H23NO/c1-20-18-11-13-19(21,14-12-18)17-9-7-16(8-10-17)15-5-3-2-4-6-15/h2-10,18,20-21H,11-14H2,1H3. The van der Waals surface area contributed by atoms with Gasteiger partial charge in [-0.1, -0.05) is 54.6 Å². The van der Waals surface area contributed by atoms with Gasteiger partial charge in [-0.3, -0.25) is 0 Å². The second-order valence-corrected chi connectivity index (χ2v) is 6.04. The predicted octanol–water partition coefficient (Wildman–Crippen LogP) is 3.70. The number of nitrogens with one attached hydrogen (secondary N) is 1. The second-order valence-electron chi connectivity index (χ2n) is 6.04. The van der Waals surface area contributed by atoms with Crippen molar-refractivity contribution in [2.75, 3.05) is 7.05 Å². The molecule has 0 bridgehead atoms. The second kappa shape index (κ2) is 6.00. The van der Waals surface area contributed by atoms with Crippen LogP contribution in [0.1, 0.15) is 31.2 Å². The van der Waals surface area contributed by atoms with Crippen molar-refractivity contribution in [3.05, 3.63) is 60.2 Å². The molecule has 2 aromatic rings. The topological polar surface area (TPSA) is 32.3 Å². The quantitative estimate of drug-likeness (QED) is 0.899. The summed E-state index contributed by atoms with van der Waals surface area (Å²) >= 11 is 0. The fourth-order valence-corrected chi connectivity index (χ4v) is 3.28. The van der Waals surface area contributed by atoms with Crippen LogP contribution in [0.4, 0.5) is 0 Å². The fraction of sp³-hybridized carbons (Fsp3) is 0.368. The largest absolute Gasteiger partial charge is 0.385 e. The third-order valence-corrected chi connectivity index (χ3v) is 4.75. The Kier molecular flexibility index (Phi) is 4.09.